The van der Waals surface area contributed by atoms with Crippen molar-refractivity contribution < 1.29 is 24.2 Å². The van der Waals surface area contributed by atoms with Crippen molar-refractivity contribution in [1.29, 1.82) is 0 Å². The highest BCUT2D eigenvalue weighted by atomic mass is 32.1. The second-order valence-electron chi connectivity index (χ2n) is 8.88. The summed E-state index contributed by atoms with van der Waals surface area (Å²) in [6, 6.07) is 15.9. The number of carbonyl (C=O) groups excluding carboxylic acids is 2. The zero-order valence-corrected chi connectivity index (χ0v) is 19.7. The lowest BCUT2D eigenvalue weighted by molar-refractivity contribution is -0.137. The van der Waals surface area contributed by atoms with E-state index in [0.29, 0.717) is 10.8 Å². The quantitative estimate of drug-likeness (QED) is 0.408. The summed E-state index contributed by atoms with van der Waals surface area (Å²) in [5, 5.41) is 16.5. The van der Waals surface area contributed by atoms with Gasteiger partial charge in [-0.3, -0.25) is 14.9 Å². The maximum atomic E-state index is 12.5. The van der Waals surface area contributed by atoms with Gasteiger partial charge in [0.1, 0.15) is 6.61 Å². The molecule has 0 saturated heterocycles. The van der Waals surface area contributed by atoms with Gasteiger partial charge in [0.05, 0.1) is 18.5 Å². The number of hydrogen-bond donors (Lipinski definition) is 3. The first kappa shape index (κ1) is 23.0. The average Bonchev–Trinajstić information content (AvgIpc) is 3.52. The number of carboxylic acid groups (broad SMARTS) is 1. The lowest BCUT2D eigenvalue weighted by atomic mass is 9.98. The number of rotatable bonds is 9. The van der Waals surface area contributed by atoms with Gasteiger partial charge >= 0.3 is 12.1 Å². The number of amides is 2. The Morgan fingerprint density at radius 3 is 2.34 bits per heavy atom. The molecule has 8 nitrogen and oxygen atoms in total. The summed E-state index contributed by atoms with van der Waals surface area (Å²) < 4.78 is 5.54. The summed E-state index contributed by atoms with van der Waals surface area (Å²) in [6.07, 6.45) is 1.20. The smallest absolute Gasteiger partial charge is 0.413 e. The van der Waals surface area contributed by atoms with Crippen molar-refractivity contribution in [1.82, 2.24) is 10.3 Å². The van der Waals surface area contributed by atoms with Gasteiger partial charge < -0.3 is 15.2 Å². The van der Waals surface area contributed by atoms with Crippen molar-refractivity contribution >= 4 is 34.4 Å². The van der Waals surface area contributed by atoms with Gasteiger partial charge in [0.25, 0.3) is 0 Å². The van der Waals surface area contributed by atoms with E-state index in [9.17, 15) is 14.4 Å². The maximum absolute atomic E-state index is 12.5. The number of benzene rings is 2. The molecule has 0 aliphatic heterocycles. The molecule has 3 aromatic rings. The van der Waals surface area contributed by atoms with Crippen LogP contribution >= 0.6 is 11.3 Å². The molecule has 0 bridgehead atoms. The molecule has 1 heterocycles. The lowest BCUT2D eigenvalue weighted by Crippen LogP contribution is -2.39. The molecule has 35 heavy (non-hydrogen) atoms. The van der Waals surface area contributed by atoms with Crippen LogP contribution in [0.1, 0.15) is 42.0 Å². The normalized spacial score (nSPS) is 15.1. The van der Waals surface area contributed by atoms with E-state index >= 15 is 0 Å². The van der Waals surface area contributed by atoms with Crippen molar-refractivity contribution in [3.8, 4) is 11.1 Å². The van der Waals surface area contributed by atoms with Crippen molar-refractivity contribution in [2.45, 2.75) is 37.6 Å². The first-order valence-corrected chi connectivity index (χ1v) is 12.4. The Morgan fingerprint density at radius 2 is 1.71 bits per heavy atom. The Labute approximate surface area is 206 Å². The van der Waals surface area contributed by atoms with Crippen LogP contribution in [0, 0.1) is 5.92 Å². The minimum atomic E-state index is -0.926. The standard InChI is InChI=1S/C26H25N3O5S/c30-23(28-22(12-24(31)32)15-9-10-15)11-16-14-35-25(27-16)29-26(33)34-13-21-19-7-3-1-5-17(19)18-6-2-4-8-20(18)21/h1-8,14-15,21-22H,9-13H2,(H,28,30)(H,31,32)(H,27,29,33). The predicted molar refractivity (Wildman–Crippen MR) is 131 cm³/mol. The van der Waals surface area contributed by atoms with E-state index in [1.54, 1.807) is 5.38 Å². The molecule has 5 rings (SSSR count). The molecule has 1 unspecified atom stereocenters. The fourth-order valence-corrected chi connectivity index (χ4v) is 5.31. The molecule has 1 fully saturated rings. The molecule has 180 valence electrons. The Kier molecular flexibility index (Phi) is 6.50. The Morgan fingerprint density at radius 1 is 1.06 bits per heavy atom. The van der Waals surface area contributed by atoms with E-state index in [-0.39, 0.29) is 43.2 Å². The van der Waals surface area contributed by atoms with Crippen molar-refractivity contribution in [2.75, 3.05) is 11.9 Å². The van der Waals surface area contributed by atoms with Crippen molar-refractivity contribution in [3.05, 3.63) is 70.7 Å². The predicted octanol–water partition coefficient (Wildman–Crippen LogP) is 4.42. The number of aliphatic carboxylic acids is 1. The van der Waals surface area contributed by atoms with Gasteiger partial charge in [-0.2, -0.15) is 0 Å². The number of carbonyl (C=O) groups is 3. The van der Waals surface area contributed by atoms with Gasteiger partial charge in [-0.15, -0.1) is 11.3 Å². The maximum Gasteiger partial charge on any atom is 0.413 e. The topological polar surface area (TPSA) is 118 Å². The molecule has 1 saturated carbocycles. The molecule has 2 aromatic carbocycles. The number of carboxylic acids is 1. The summed E-state index contributed by atoms with van der Waals surface area (Å²) in [5.74, 6) is -1.00. The largest absolute Gasteiger partial charge is 0.481 e. The molecular weight excluding hydrogens is 466 g/mol. The van der Waals surface area contributed by atoms with Crippen LogP contribution in [-0.4, -0.2) is 40.7 Å². The SMILES string of the molecule is O=C(O)CC(NC(=O)Cc1csc(NC(=O)OCC2c3ccccc3-c3ccccc32)n1)C1CC1. The summed E-state index contributed by atoms with van der Waals surface area (Å²) in [5.41, 5.74) is 5.10. The van der Waals surface area contributed by atoms with Gasteiger partial charge in [0, 0.05) is 17.3 Å². The van der Waals surface area contributed by atoms with Gasteiger partial charge in [0.15, 0.2) is 5.13 Å². The number of anilines is 1. The molecule has 1 aromatic heterocycles. The first-order valence-electron chi connectivity index (χ1n) is 11.6. The fraction of sp³-hybridized carbons (Fsp3) is 0.308. The molecule has 2 amide bonds. The van der Waals surface area contributed by atoms with Crippen molar-refractivity contribution in [3.63, 3.8) is 0 Å². The number of fused-ring (bicyclic) bond motifs is 3. The van der Waals surface area contributed by atoms with Crippen LogP contribution in [0.2, 0.25) is 0 Å². The molecule has 0 spiro atoms. The van der Waals surface area contributed by atoms with Crippen LogP contribution in [-0.2, 0) is 20.7 Å². The first-order chi connectivity index (χ1) is 17.0. The number of nitrogens with one attached hydrogen (secondary N) is 2. The average molecular weight is 492 g/mol. The monoisotopic (exact) mass is 491 g/mol. The Bertz CT molecular complexity index is 1220. The molecule has 2 aliphatic rings. The second-order valence-corrected chi connectivity index (χ2v) is 9.74. The zero-order chi connectivity index (χ0) is 24.4. The van der Waals surface area contributed by atoms with E-state index in [1.807, 2.05) is 24.3 Å². The van der Waals surface area contributed by atoms with Crippen molar-refractivity contribution in [2.24, 2.45) is 5.92 Å². The zero-order valence-electron chi connectivity index (χ0n) is 18.9. The van der Waals surface area contributed by atoms with Crippen LogP contribution in [0.4, 0.5) is 9.93 Å². The minimum Gasteiger partial charge on any atom is -0.481 e. The highest BCUT2D eigenvalue weighted by molar-refractivity contribution is 7.13. The van der Waals surface area contributed by atoms with E-state index in [1.165, 1.54) is 11.3 Å². The van der Waals surface area contributed by atoms with Crippen LogP contribution < -0.4 is 10.6 Å². The summed E-state index contributed by atoms with van der Waals surface area (Å²) >= 11 is 1.21. The number of aromatic nitrogens is 1. The second kappa shape index (κ2) is 9.87. The molecule has 3 N–H and O–H groups in total. The van der Waals surface area contributed by atoms with Crippen LogP contribution in [0.15, 0.2) is 53.9 Å². The van der Waals surface area contributed by atoms with E-state index < -0.39 is 12.1 Å². The number of thiazole rings is 1. The summed E-state index contributed by atoms with van der Waals surface area (Å²) in [6.45, 7) is 0.201. The number of ether oxygens (including phenoxy) is 1. The summed E-state index contributed by atoms with van der Waals surface area (Å²) in [4.78, 5) is 40.2. The third-order valence-electron chi connectivity index (χ3n) is 6.38. The minimum absolute atomic E-state index is 0.0196. The summed E-state index contributed by atoms with van der Waals surface area (Å²) in [7, 11) is 0. The lowest BCUT2D eigenvalue weighted by Gasteiger charge is -2.15. The number of nitrogens with zero attached hydrogens (tertiary/aromatic N) is 1. The molecule has 9 heteroatoms. The molecule has 0 radical (unpaired) electrons. The highest BCUT2D eigenvalue weighted by Crippen LogP contribution is 2.44. The molecule has 2 aliphatic carbocycles. The van der Waals surface area contributed by atoms with Crippen LogP contribution in [0.3, 0.4) is 0 Å². The van der Waals surface area contributed by atoms with Crippen LogP contribution in [0.5, 0.6) is 0 Å². The third kappa shape index (κ3) is 5.35. The van der Waals surface area contributed by atoms with Gasteiger partial charge in [-0.1, -0.05) is 48.5 Å². The third-order valence-corrected chi connectivity index (χ3v) is 7.18. The Balaban J connectivity index is 1.14. The molecular formula is C26H25N3O5S. The van der Waals surface area contributed by atoms with E-state index in [4.69, 9.17) is 9.84 Å². The van der Waals surface area contributed by atoms with Gasteiger partial charge in [0.2, 0.25) is 5.91 Å². The van der Waals surface area contributed by atoms with Crippen LogP contribution in [0.25, 0.3) is 11.1 Å². The fourth-order valence-electron chi connectivity index (χ4n) is 4.61. The molecule has 1 atom stereocenters. The highest BCUT2D eigenvalue weighted by Gasteiger charge is 2.34. The number of hydrogen-bond acceptors (Lipinski definition) is 6. The van der Waals surface area contributed by atoms with E-state index in [2.05, 4.69) is 39.9 Å². The van der Waals surface area contributed by atoms with E-state index in [0.717, 1.165) is 35.1 Å². The Hall–Kier alpha value is -3.72. The van der Waals surface area contributed by atoms with Gasteiger partial charge in [-0.05, 0) is 41.0 Å². The van der Waals surface area contributed by atoms with Gasteiger partial charge in [-0.25, -0.2) is 9.78 Å².